The van der Waals surface area contributed by atoms with Crippen molar-refractivity contribution in [1.29, 1.82) is 0 Å². The number of hydrogen-bond donors (Lipinski definition) is 0. The Hall–Kier alpha value is -3.57. The number of benzene rings is 4. The Kier molecular flexibility index (Phi) is 6.25. The van der Waals surface area contributed by atoms with E-state index in [4.69, 9.17) is 9.47 Å². The van der Waals surface area contributed by atoms with E-state index >= 15 is 0 Å². The summed E-state index contributed by atoms with van der Waals surface area (Å²) in [6.45, 7) is 4.39. The number of sulfone groups is 1. The van der Waals surface area contributed by atoms with Crippen molar-refractivity contribution in [1.82, 2.24) is 0 Å². The summed E-state index contributed by atoms with van der Waals surface area (Å²) in [4.78, 5) is 0.425. The first-order valence-electron chi connectivity index (χ1n) is 10.6. The van der Waals surface area contributed by atoms with Crippen molar-refractivity contribution in [2.24, 2.45) is 0 Å². The minimum absolute atomic E-state index is 0.128. The first kappa shape index (κ1) is 22.6. The molecule has 4 rings (SSSR count). The molecule has 0 saturated carbocycles. The van der Waals surface area contributed by atoms with Crippen LogP contribution in [0.1, 0.15) is 25.0 Å². The fourth-order valence-corrected chi connectivity index (χ4v) is 4.94. The normalized spacial score (nSPS) is 11.7. The zero-order valence-electron chi connectivity index (χ0n) is 18.9. The summed E-state index contributed by atoms with van der Waals surface area (Å²) >= 11 is 0. The SMILES string of the molecule is COc1ccc(S(=O)(=O)c2ccc(Oc3ccc(C(C)(C)c4ccccc4)cc3)cc2)cc1. The average molecular weight is 459 g/mol. The van der Waals surface area contributed by atoms with Gasteiger partial charge in [0.05, 0.1) is 16.9 Å². The smallest absolute Gasteiger partial charge is 0.206 e. The van der Waals surface area contributed by atoms with Gasteiger partial charge in [-0.15, -0.1) is 0 Å². The Morgan fingerprint density at radius 2 is 1.00 bits per heavy atom. The van der Waals surface area contributed by atoms with Gasteiger partial charge in [-0.1, -0.05) is 56.3 Å². The lowest BCUT2D eigenvalue weighted by atomic mass is 9.78. The predicted octanol–water partition coefficient (Wildman–Crippen LogP) is 6.65. The molecule has 0 N–H and O–H groups in total. The standard InChI is InChI=1S/C28H26O4S/c1-28(2,21-7-5-4-6-8-21)22-9-11-24(12-10-22)32-25-15-19-27(20-16-25)33(29,30)26-17-13-23(31-3)14-18-26/h4-20H,1-3H3. The maximum absolute atomic E-state index is 12.9. The summed E-state index contributed by atoms with van der Waals surface area (Å²) in [5.41, 5.74) is 2.30. The second-order valence-corrected chi connectivity index (χ2v) is 10.2. The zero-order chi connectivity index (χ0) is 23.5. The number of ether oxygens (including phenoxy) is 2. The summed E-state index contributed by atoms with van der Waals surface area (Å²) in [5, 5.41) is 0. The molecule has 0 fully saturated rings. The summed E-state index contributed by atoms with van der Waals surface area (Å²) in [5.74, 6) is 1.86. The van der Waals surface area contributed by atoms with Crippen molar-refractivity contribution >= 4 is 9.84 Å². The van der Waals surface area contributed by atoms with Crippen LogP contribution in [0.3, 0.4) is 0 Å². The second-order valence-electron chi connectivity index (χ2n) is 8.27. The van der Waals surface area contributed by atoms with Gasteiger partial charge in [-0.2, -0.15) is 0 Å². The molecule has 0 bridgehead atoms. The van der Waals surface area contributed by atoms with E-state index in [1.165, 1.54) is 23.3 Å². The van der Waals surface area contributed by atoms with Gasteiger partial charge in [-0.05, 0) is 71.8 Å². The van der Waals surface area contributed by atoms with E-state index in [0.717, 1.165) is 0 Å². The van der Waals surface area contributed by atoms with Gasteiger partial charge < -0.3 is 9.47 Å². The van der Waals surface area contributed by atoms with Gasteiger partial charge in [0.15, 0.2) is 0 Å². The van der Waals surface area contributed by atoms with Crippen LogP contribution in [-0.4, -0.2) is 15.5 Å². The van der Waals surface area contributed by atoms with Gasteiger partial charge in [0.2, 0.25) is 9.84 Å². The molecule has 5 heteroatoms. The average Bonchev–Trinajstić information content (AvgIpc) is 2.85. The quantitative estimate of drug-likeness (QED) is 0.311. The highest BCUT2D eigenvalue weighted by atomic mass is 32.2. The lowest BCUT2D eigenvalue weighted by Crippen LogP contribution is -2.18. The maximum atomic E-state index is 12.9. The lowest BCUT2D eigenvalue weighted by Gasteiger charge is -2.26. The molecule has 168 valence electrons. The Morgan fingerprint density at radius 3 is 1.48 bits per heavy atom. The van der Waals surface area contributed by atoms with Gasteiger partial charge in [-0.25, -0.2) is 8.42 Å². The third-order valence-electron chi connectivity index (χ3n) is 5.81. The first-order valence-corrected chi connectivity index (χ1v) is 12.1. The fourth-order valence-electron chi connectivity index (χ4n) is 3.68. The van der Waals surface area contributed by atoms with Gasteiger partial charge in [-0.3, -0.25) is 0 Å². The minimum atomic E-state index is -3.61. The Morgan fingerprint density at radius 1 is 0.576 bits per heavy atom. The van der Waals surface area contributed by atoms with Crippen LogP contribution in [0.2, 0.25) is 0 Å². The Balaban J connectivity index is 1.49. The highest BCUT2D eigenvalue weighted by molar-refractivity contribution is 7.91. The van der Waals surface area contributed by atoms with Crippen LogP contribution < -0.4 is 9.47 Å². The van der Waals surface area contributed by atoms with E-state index in [2.05, 4.69) is 38.1 Å². The summed E-state index contributed by atoms with van der Waals surface area (Å²) in [6, 6.07) is 31.1. The number of hydrogen-bond acceptors (Lipinski definition) is 4. The Bertz CT molecular complexity index is 1310. The molecule has 0 unspecified atom stereocenters. The molecule has 0 radical (unpaired) electrons. The summed E-state index contributed by atoms with van der Waals surface area (Å²) in [7, 11) is -2.07. The van der Waals surface area contributed by atoms with E-state index < -0.39 is 9.84 Å². The van der Waals surface area contributed by atoms with Crippen LogP contribution in [-0.2, 0) is 15.3 Å². The zero-order valence-corrected chi connectivity index (χ0v) is 19.7. The molecular weight excluding hydrogens is 432 g/mol. The molecule has 0 aliphatic heterocycles. The third-order valence-corrected chi connectivity index (χ3v) is 7.60. The van der Waals surface area contributed by atoms with Crippen molar-refractivity contribution in [3.05, 3.63) is 114 Å². The van der Waals surface area contributed by atoms with Gasteiger partial charge >= 0.3 is 0 Å². The van der Waals surface area contributed by atoms with Crippen LogP contribution in [0, 0.1) is 0 Å². The Labute approximate surface area is 195 Å². The molecule has 0 spiro atoms. The topological polar surface area (TPSA) is 52.6 Å². The van der Waals surface area contributed by atoms with Crippen molar-refractivity contribution < 1.29 is 17.9 Å². The largest absolute Gasteiger partial charge is 0.497 e. The molecule has 0 aliphatic carbocycles. The summed E-state index contributed by atoms with van der Waals surface area (Å²) in [6.07, 6.45) is 0. The highest BCUT2D eigenvalue weighted by Crippen LogP contribution is 2.33. The molecule has 4 aromatic carbocycles. The predicted molar refractivity (Wildman–Crippen MR) is 130 cm³/mol. The van der Waals surface area contributed by atoms with E-state index in [-0.39, 0.29) is 15.2 Å². The van der Waals surface area contributed by atoms with Crippen LogP contribution in [0.4, 0.5) is 0 Å². The minimum Gasteiger partial charge on any atom is -0.497 e. The van der Waals surface area contributed by atoms with Gasteiger partial charge in [0, 0.05) is 5.41 Å². The van der Waals surface area contributed by atoms with E-state index in [9.17, 15) is 8.42 Å². The van der Waals surface area contributed by atoms with Crippen LogP contribution in [0.5, 0.6) is 17.2 Å². The second kappa shape index (κ2) is 9.12. The third kappa shape index (κ3) is 4.78. The molecule has 4 aromatic rings. The molecule has 0 heterocycles. The number of rotatable bonds is 7. The van der Waals surface area contributed by atoms with E-state index in [0.29, 0.717) is 17.2 Å². The van der Waals surface area contributed by atoms with Gasteiger partial charge in [0.1, 0.15) is 17.2 Å². The van der Waals surface area contributed by atoms with Gasteiger partial charge in [0.25, 0.3) is 0 Å². The molecule has 0 aromatic heterocycles. The molecule has 0 amide bonds. The monoisotopic (exact) mass is 458 g/mol. The summed E-state index contributed by atoms with van der Waals surface area (Å²) < 4.78 is 36.8. The molecule has 33 heavy (non-hydrogen) atoms. The maximum Gasteiger partial charge on any atom is 0.206 e. The fraction of sp³-hybridized carbons (Fsp3) is 0.143. The molecule has 0 aliphatic rings. The van der Waals surface area contributed by atoms with Crippen molar-refractivity contribution in [2.45, 2.75) is 29.1 Å². The molecule has 0 atom stereocenters. The van der Waals surface area contributed by atoms with E-state index in [1.54, 1.807) is 43.5 Å². The van der Waals surface area contributed by atoms with Crippen LogP contribution in [0.25, 0.3) is 0 Å². The van der Waals surface area contributed by atoms with Crippen LogP contribution in [0.15, 0.2) is 113 Å². The van der Waals surface area contributed by atoms with Crippen molar-refractivity contribution in [3.8, 4) is 17.2 Å². The molecule has 4 nitrogen and oxygen atoms in total. The number of methoxy groups -OCH3 is 1. The van der Waals surface area contributed by atoms with Crippen LogP contribution >= 0.6 is 0 Å². The van der Waals surface area contributed by atoms with Crippen molar-refractivity contribution in [3.63, 3.8) is 0 Å². The molecule has 0 saturated heterocycles. The first-order chi connectivity index (χ1) is 15.8. The highest BCUT2D eigenvalue weighted by Gasteiger charge is 2.23. The molecular formula is C28H26O4S. The van der Waals surface area contributed by atoms with E-state index in [1.807, 2.05) is 30.3 Å². The van der Waals surface area contributed by atoms with Crippen molar-refractivity contribution in [2.75, 3.05) is 7.11 Å². The lowest BCUT2D eigenvalue weighted by molar-refractivity contribution is 0.414.